The van der Waals surface area contributed by atoms with E-state index in [1.165, 1.54) is 10.8 Å². The van der Waals surface area contributed by atoms with Gasteiger partial charge in [-0.25, -0.2) is 4.68 Å². The molecule has 0 unspecified atom stereocenters. The van der Waals surface area contributed by atoms with E-state index in [1.807, 2.05) is 0 Å². The van der Waals surface area contributed by atoms with Crippen molar-refractivity contribution < 1.29 is 21.9 Å². The Kier molecular flexibility index (Phi) is 7.08. The number of fused-ring (bicyclic) bond motifs is 1. The van der Waals surface area contributed by atoms with Gasteiger partial charge in [0.05, 0.1) is 63.5 Å². The Morgan fingerprint density at radius 1 is 1.00 bits per heavy atom. The second kappa shape index (κ2) is 9.14. The summed E-state index contributed by atoms with van der Waals surface area (Å²) in [7, 11) is -2.23. The number of nitrogens with zero attached hydrogens (tertiary/aromatic N) is 4. The van der Waals surface area contributed by atoms with Crippen molar-refractivity contribution in [1.29, 1.82) is 0 Å². The van der Waals surface area contributed by atoms with E-state index in [-0.39, 0.29) is 12.4 Å². The van der Waals surface area contributed by atoms with Crippen LogP contribution in [-0.2, 0) is 16.0 Å². The molecule has 0 bridgehead atoms. The zero-order valence-electron chi connectivity index (χ0n) is 15.9. The smallest absolute Gasteiger partial charge is 0.277 e. The number of morpholine rings is 2. The van der Waals surface area contributed by atoms with Crippen molar-refractivity contribution in [2.75, 3.05) is 52.6 Å². The Bertz CT molecular complexity index is 728. The number of aromatic nitrogens is 2. The average molecular weight is 414 g/mol. The van der Waals surface area contributed by atoms with Crippen LogP contribution in [0.2, 0.25) is 0 Å². The van der Waals surface area contributed by atoms with Gasteiger partial charge in [-0.05, 0) is 18.6 Å². The summed E-state index contributed by atoms with van der Waals surface area (Å²) in [5.41, 5.74) is 9.64. The number of hydrogen-bond acceptors (Lipinski definition) is 6. The molecule has 0 radical (unpaired) electrons. The van der Waals surface area contributed by atoms with Crippen LogP contribution >= 0.6 is 7.71 Å². The second-order valence-corrected chi connectivity index (χ2v) is 9.70. The van der Waals surface area contributed by atoms with Crippen LogP contribution < -0.4 is 23.3 Å². The lowest BCUT2D eigenvalue weighted by Gasteiger charge is -2.41. The van der Waals surface area contributed by atoms with Crippen molar-refractivity contribution in [3.05, 3.63) is 24.3 Å². The van der Waals surface area contributed by atoms with Crippen molar-refractivity contribution in [3.63, 3.8) is 0 Å². The number of ether oxygens (including phenoxy) is 2. The van der Waals surface area contributed by atoms with Crippen molar-refractivity contribution >= 4 is 24.1 Å². The lowest BCUT2D eigenvalue weighted by molar-refractivity contribution is -0.00000701. The quantitative estimate of drug-likeness (QED) is 0.599. The molecule has 7 nitrogen and oxygen atoms in total. The van der Waals surface area contributed by atoms with E-state index >= 15 is 0 Å². The maximum absolute atomic E-state index is 7.40. The third-order valence-corrected chi connectivity index (χ3v) is 8.82. The summed E-state index contributed by atoms with van der Waals surface area (Å²) in [6.07, 6.45) is 1.03. The molecule has 0 saturated carbocycles. The predicted molar refractivity (Wildman–Crippen MR) is 106 cm³/mol. The number of aryl methyl sites for hydroxylation is 1. The molecule has 0 aliphatic carbocycles. The summed E-state index contributed by atoms with van der Waals surface area (Å²) in [5.74, 6) is 0. The van der Waals surface area contributed by atoms with Crippen LogP contribution in [0.15, 0.2) is 24.3 Å². The minimum atomic E-state index is -2.23. The van der Waals surface area contributed by atoms with Crippen LogP contribution in [0, 0.1) is 0 Å². The minimum absolute atomic E-state index is 0. The highest BCUT2D eigenvalue weighted by molar-refractivity contribution is 7.76. The number of nitrogens with two attached hydrogens (primary N) is 1. The van der Waals surface area contributed by atoms with Gasteiger partial charge in [-0.15, -0.1) is 9.34 Å². The SMILES string of the molecule is CCCn1nc2ccccc2c1[P+](N)(N1CCOCC1)N1CCOCC1.[Cl-]. The molecule has 3 heterocycles. The van der Waals surface area contributed by atoms with Gasteiger partial charge in [0.25, 0.3) is 7.71 Å². The van der Waals surface area contributed by atoms with Gasteiger partial charge in [-0.1, -0.05) is 19.1 Å². The van der Waals surface area contributed by atoms with E-state index in [2.05, 4.69) is 45.2 Å². The first kappa shape index (κ1) is 20.9. The highest BCUT2D eigenvalue weighted by atomic mass is 35.5. The molecule has 1 aromatic heterocycles. The van der Waals surface area contributed by atoms with Crippen molar-refractivity contribution in [1.82, 2.24) is 19.1 Å². The summed E-state index contributed by atoms with van der Waals surface area (Å²) in [5, 5.41) is 6.10. The highest BCUT2D eigenvalue weighted by Gasteiger charge is 2.54. The van der Waals surface area contributed by atoms with Crippen LogP contribution in [-0.4, -0.2) is 71.7 Å². The monoisotopic (exact) mass is 413 g/mol. The molecule has 2 saturated heterocycles. The van der Waals surface area contributed by atoms with Gasteiger partial charge in [-0.2, -0.15) is 10.6 Å². The van der Waals surface area contributed by atoms with Gasteiger partial charge >= 0.3 is 0 Å². The molecule has 9 heteroatoms. The molecule has 4 rings (SSSR count). The molecule has 150 valence electrons. The van der Waals surface area contributed by atoms with Gasteiger partial charge < -0.3 is 21.9 Å². The van der Waals surface area contributed by atoms with E-state index in [0.717, 1.165) is 71.1 Å². The summed E-state index contributed by atoms with van der Waals surface area (Å²) in [6, 6.07) is 8.41. The molecule has 0 spiro atoms. The fraction of sp³-hybridized carbons (Fsp3) is 0.611. The minimum Gasteiger partial charge on any atom is -1.00 e. The van der Waals surface area contributed by atoms with Crippen LogP contribution in [0.4, 0.5) is 0 Å². The Balaban J connectivity index is 0.00000210. The van der Waals surface area contributed by atoms with Gasteiger partial charge in [0.1, 0.15) is 0 Å². The Hall–Kier alpha value is -0.790. The third kappa shape index (κ3) is 3.87. The zero-order valence-corrected chi connectivity index (χ0v) is 17.5. The molecular formula is C18H29ClN5O2P. The van der Waals surface area contributed by atoms with E-state index < -0.39 is 7.71 Å². The molecule has 2 fully saturated rings. The number of hydrogen-bond donors (Lipinski definition) is 1. The van der Waals surface area contributed by atoms with E-state index in [1.54, 1.807) is 0 Å². The van der Waals surface area contributed by atoms with Gasteiger partial charge in [0, 0.05) is 6.54 Å². The number of rotatable bonds is 5. The summed E-state index contributed by atoms with van der Waals surface area (Å²) in [6.45, 7) is 9.51. The van der Waals surface area contributed by atoms with Crippen molar-refractivity contribution in [2.45, 2.75) is 19.9 Å². The molecular weight excluding hydrogens is 385 g/mol. The lowest BCUT2D eigenvalue weighted by Crippen LogP contribution is -3.00. The van der Waals surface area contributed by atoms with Crippen molar-refractivity contribution in [2.24, 2.45) is 5.50 Å². The summed E-state index contributed by atoms with van der Waals surface area (Å²) >= 11 is 0. The first-order valence-electron chi connectivity index (χ1n) is 9.55. The first-order valence-corrected chi connectivity index (χ1v) is 11.3. The molecule has 0 atom stereocenters. The van der Waals surface area contributed by atoms with Crippen LogP contribution in [0.3, 0.4) is 0 Å². The summed E-state index contributed by atoms with van der Waals surface area (Å²) < 4.78 is 18.3. The number of benzene rings is 1. The van der Waals surface area contributed by atoms with Gasteiger partial charge in [0.2, 0.25) is 5.44 Å². The van der Waals surface area contributed by atoms with Gasteiger partial charge in [-0.3, -0.25) is 0 Å². The maximum Gasteiger partial charge on any atom is 0.277 e. The maximum atomic E-state index is 7.40. The molecule has 2 aliphatic rings. The summed E-state index contributed by atoms with van der Waals surface area (Å²) in [4.78, 5) is 0. The molecule has 2 N–H and O–H groups in total. The van der Waals surface area contributed by atoms with Crippen molar-refractivity contribution in [3.8, 4) is 0 Å². The van der Waals surface area contributed by atoms with Crippen LogP contribution in [0.5, 0.6) is 0 Å². The number of halogens is 1. The van der Waals surface area contributed by atoms with E-state index in [4.69, 9.17) is 20.1 Å². The van der Waals surface area contributed by atoms with Crippen LogP contribution in [0.25, 0.3) is 10.9 Å². The predicted octanol–water partition coefficient (Wildman–Crippen LogP) is -1.54. The van der Waals surface area contributed by atoms with Gasteiger partial charge in [0.15, 0.2) is 0 Å². The topological polar surface area (TPSA) is 68.8 Å². The largest absolute Gasteiger partial charge is 1.00 e. The van der Waals surface area contributed by atoms with Crippen LogP contribution in [0.1, 0.15) is 13.3 Å². The fourth-order valence-electron chi connectivity index (χ4n) is 3.95. The van der Waals surface area contributed by atoms with E-state index in [9.17, 15) is 0 Å². The fourth-order valence-corrected chi connectivity index (χ4v) is 7.41. The standard InChI is InChI=1S/C18H29N5O2P.ClH/c1-2-7-23-18(16-5-3-4-6-17(16)20-23)26(19,21-8-12-24-13-9-21)22-10-14-25-15-11-22;/h3-6H,2,7-15,19H2,1H3;1H/q+1;/p-1. The highest BCUT2D eigenvalue weighted by Crippen LogP contribution is 2.58. The molecule has 0 amide bonds. The Labute approximate surface area is 167 Å². The molecule has 1 aromatic carbocycles. The average Bonchev–Trinajstić information content (AvgIpc) is 3.07. The van der Waals surface area contributed by atoms with E-state index in [0.29, 0.717) is 0 Å². The Morgan fingerprint density at radius 3 is 2.11 bits per heavy atom. The lowest BCUT2D eigenvalue weighted by atomic mass is 10.3. The molecule has 27 heavy (non-hydrogen) atoms. The molecule has 2 aromatic rings. The molecule has 2 aliphatic heterocycles. The Morgan fingerprint density at radius 2 is 1.56 bits per heavy atom. The third-order valence-electron chi connectivity index (χ3n) is 5.20. The normalized spacial score (nSPS) is 19.9. The first-order chi connectivity index (χ1) is 12.7. The zero-order chi connectivity index (χ0) is 18.0. The second-order valence-electron chi connectivity index (χ2n) is 6.85.